The highest BCUT2D eigenvalue weighted by molar-refractivity contribution is 5.92. The van der Waals surface area contributed by atoms with Crippen LogP contribution in [0, 0.1) is 6.92 Å². The maximum Gasteiger partial charge on any atom is 0.339 e. The molecule has 1 heterocycles. The summed E-state index contributed by atoms with van der Waals surface area (Å²) in [5, 5.41) is 0.924. The van der Waals surface area contributed by atoms with Gasteiger partial charge >= 0.3 is 5.63 Å². The quantitative estimate of drug-likeness (QED) is 0.792. The maximum atomic E-state index is 12.0. The predicted octanol–water partition coefficient (Wildman–Crippen LogP) is 3.63. The lowest BCUT2D eigenvalue weighted by molar-refractivity contribution is 0.393. The SMILES string of the molecule is CC.COc1cc(OC)c2c3c(c(=O)oc2c1C)CCC3. The Morgan fingerprint density at radius 1 is 1.05 bits per heavy atom. The molecule has 1 aromatic carbocycles. The minimum absolute atomic E-state index is 0.224. The van der Waals surface area contributed by atoms with E-state index in [1.165, 1.54) is 0 Å². The first kappa shape index (κ1) is 15.4. The van der Waals surface area contributed by atoms with Crippen LogP contribution < -0.4 is 15.1 Å². The van der Waals surface area contributed by atoms with Crippen LogP contribution in [0.15, 0.2) is 15.3 Å². The van der Waals surface area contributed by atoms with E-state index in [0.29, 0.717) is 17.1 Å². The van der Waals surface area contributed by atoms with Crippen LogP contribution in [0.25, 0.3) is 11.0 Å². The summed E-state index contributed by atoms with van der Waals surface area (Å²) < 4.78 is 16.3. The van der Waals surface area contributed by atoms with E-state index in [1.807, 2.05) is 26.8 Å². The van der Waals surface area contributed by atoms with Gasteiger partial charge in [0.1, 0.15) is 17.1 Å². The molecule has 3 rings (SSSR count). The Balaban J connectivity index is 0.000000774. The summed E-state index contributed by atoms with van der Waals surface area (Å²) in [6, 6.07) is 1.86. The van der Waals surface area contributed by atoms with Crippen molar-refractivity contribution >= 4 is 11.0 Å². The first-order valence-electron chi connectivity index (χ1n) is 7.37. The van der Waals surface area contributed by atoms with E-state index < -0.39 is 0 Å². The van der Waals surface area contributed by atoms with E-state index in [-0.39, 0.29) is 5.63 Å². The van der Waals surface area contributed by atoms with Crippen molar-refractivity contribution in [2.45, 2.75) is 40.0 Å². The van der Waals surface area contributed by atoms with E-state index in [0.717, 1.165) is 41.3 Å². The molecular weight excluding hydrogens is 268 g/mol. The topological polar surface area (TPSA) is 48.7 Å². The van der Waals surface area contributed by atoms with Crippen molar-refractivity contribution in [1.82, 2.24) is 0 Å². The Labute approximate surface area is 124 Å². The molecule has 21 heavy (non-hydrogen) atoms. The molecule has 0 aliphatic heterocycles. The monoisotopic (exact) mass is 290 g/mol. The molecule has 114 valence electrons. The average Bonchev–Trinajstić information content (AvgIpc) is 3.00. The number of hydrogen-bond acceptors (Lipinski definition) is 4. The second kappa shape index (κ2) is 6.20. The highest BCUT2D eigenvalue weighted by atomic mass is 16.5. The minimum Gasteiger partial charge on any atom is -0.496 e. The van der Waals surface area contributed by atoms with Gasteiger partial charge in [-0.15, -0.1) is 0 Å². The van der Waals surface area contributed by atoms with Gasteiger partial charge in [-0.2, -0.15) is 0 Å². The number of fused-ring (bicyclic) bond motifs is 3. The number of hydrogen-bond donors (Lipinski definition) is 0. The van der Waals surface area contributed by atoms with Gasteiger partial charge in [-0.3, -0.25) is 0 Å². The first-order chi connectivity index (χ1) is 10.2. The van der Waals surface area contributed by atoms with E-state index in [9.17, 15) is 4.79 Å². The standard InChI is InChI=1S/C15H16O4.C2H6/c1-8-11(17-2)7-12(18-3)13-9-5-4-6-10(9)15(16)19-14(8)13;1-2/h7H,4-6H2,1-3H3;1-2H3. The molecule has 0 N–H and O–H groups in total. The van der Waals surface area contributed by atoms with Crippen LogP contribution >= 0.6 is 0 Å². The third-order valence-electron chi connectivity index (χ3n) is 3.85. The Hall–Kier alpha value is -1.97. The van der Waals surface area contributed by atoms with Gasteiger partial charge < -0.3 is 13.9 Å². The van der Waals surface area contributed by atoms with Crippen LogP contribution in [0.4, 0.5) is 0 Å². The molecular formula is C17H22O4. The summed E-state index contributed by atoms with van der Waals surface area (Å²) >= 11 is 0. The Bertz CT molecular complexity index is 713. The second-order valence-electron chi connectivity index (χ2n) is 4.81. The van der Waals surface area contributed by atoms with Crippen LogP contribution in [0.5, 0.6) is 11.5 Å². The summed E-state index contributed by atoms with van der Waals surface area (Å²) in [6.45, 7) is 5.89. The zero-order valence-electron chi connectivity index (χ0n) is 13.3. The normalized spacial score (nSPS) is 12.6. The smallest absolute Gasteiger partial charge is 0.339 e. The van der Waals surface area contributed by atoms with Crippen molar-refractivity contribution < 1.29 is 13.9 Å². The number of aryl methyl sites for hydroxylation is 2. The van der Waals surface area contributed by atoms with Crippen molar-refractivity contribution in [3.63, 3.8) is 0 Å². The van der Waals surface area contributed by atoms with Gasteiger partial charge in [-0.1, -0.05) is 13.8 Å². The zero-order chi connectivity index (χ0) is 15.6. The Kier molecular flexibility index (Phi) is 4.56. The van der Waals surface area contributed by atoms with Gasteiger partial charge in [0.05, 0.1) is 19.6 Å². The third-order valence-corrected chi connectivity index (χ3v) is 3.85. The lowest BCUT2D eigenvalue weighted by Gasteiger charge is -2.13. The molecule has 0 saturated carbocycles. The molecule has 1 aliphatic carbocycles. The van der Waals surface area contributed by atoms with Gasteiger partial charge in [0.25, 0.3) is 0 Å². The summed E-state index contributed by atoms with van der Waals surface area (Å²) in [4.78, 5) is 12.0. The molecule has 1 aromatic heterocycles. The molecule has 0 unspecified atom stereocenters. The summed E-state index contributed by atoms with van der Waals surface area (Å²) in [5.41, 5.74) is 3.08. The first-order valence-corrected chi connectivity index (χ1v) is 7.37. The van der Waals surface area contributed by atoms with Crippen molar-refractivity contribution in [3.05, 3.63) is 33.2 Å². The summed E-state index contributed by atoms with van der Waals surface area (Å²) in [5.74, 6) is 1.38. The van der Waals surface area contributed by atoms with Gasteiger partial charge in [-0.25, -0.2) is 4.79 Å². The van der Waals surface area contributed by atoms with Crippen LogP contribution in [0.3, 0.4) is 0 Å². The molecule has 0 amide bonds. The molecule has 0 spiro atoms. The number of methoxy groups -OCH3 is 2. The Morgan fingerprint density at radius 3 is 2.29 bits per heavy atom. The van der Waals surface area contributed by atoms with Crippen molar-refractivity contribution in [1.29, 1.82) is 0 Å². The van der Waals surface area contributed by atoms with Crippen molar-refractivity contribution in [2.75, 3.05) is 14.2 Å². The van der Waals surface area contributed by atoms with E-state index in [2.05, 4.69) is 0 Å². The predicted molar refractivity (Wildman–Crippen MR) is 83.7 cm³/mol. The molecule has 2 aromatic rings. The zero-order valence-corrected chi connectivity index (χ0v) is 13.3. The van der Waals surface area contributed by atoms with Crippen molar-refractivity contribution in [2.24, 2.45) is 0 Å². The van der Waals surface area contributed by atoms with Crippen LogP contribution in [0.1, 0.15) is 37.0 Å². The maximum absolute atomic E-state index is 12.0. The molecule has 0 radical (unpaired) electrons. The van der Waals surface area contributed by atoms with Crippen LogP contribution in [-0.4, -0.2) is 14.2 Å². The van der Waals surface area contributed by atoms with Gasteiger partial charge in [0, 0.05) is 17.2 Å². The fraction of sp³-hybridized carbons (Fsp3) is 0.471. The molecule has 0 fully saturated rings. The largest absolute Gasteiger partial charge is 0.496 e. The van der Waals surface area contributed by atoms with Gasteiger partial charge in [0.2, 0.25) is 0 Å². The van der Waals surface area contributed by atoms with E-state index in [4.69, 9.17) is 13.9 Å². The molecule has 0 bridgehead atoms. The number of benzene rings is 1. The summed E-state index contributed by atoms with van der Waals surface area (Å²) in [7, 11) is 3.22. The molecule has 0 saturated heterocycles. The van der Waals surface area contributed by atoms with Crippen molar-refractivity contribution in [3.8, 4) is 11.5 Å². The van der Waals surface area contributed by atoms with Gasteiger partial charge in [-0.05, 0) is 31.7 Å². The Morgan fingerprint density at radius 2 is 1.67 bits per heavy atom. The molecule has 4 nitrogen and oxygen atoms in total. The van der Waals surface area contributed by atoms with Gasteiger partial charge in [0.15, 0.2) is 0 Å². The average molecular weight is 290 g/mol. The van der Waals surface area contributed by atoms with Crippen LogP contribution in [-0.2, 0) is 12.8 Å². The molecule has 0 atom stereocenters. The lowest BCUT2D eigenvalue weighted by Crippen LogP contribution is -2.08. The second-order valence-corrected chi connectivity index (χ2v) is 4.81. The minimum atomic E-state index is -0.224. The highest BCUT2D eigenvalue weighted by Gasteiger charge is 2.24. The summed E-state index contributed by atoms with van der Waals surface area (Å²) in [6.07, 6.45) is 2.69. The fourth-order valence-electron chi connectivity index (χ4n) is 2.90. The van der Waals surface area contributed by atoms with E-state index in [1.54, 1.807) is 14.2 Å². The lowest BCUT2D eigenvalue weighted by atomic mass is 10.0. The molecule has 1 aliphatic rings. The van der Waals surface area contributed by atoms with Crippen LogP contribution in [0.2, 0.25) is 0 Å². The highest BCUT2D eigenvalue weighted by Crippen LogP contribution is 2.39. The number of rotatable bonds is 2. The molecule has 4 heteroatoms. The number of ether oxygens (including phenoxy) is 2. The third kappa shape index (κ3) is 2.39. The van der Waals surface area contributed by atoms with E-state index >= 15 is 0 Å². The fourth-order valence-corrected chi connectivity index (χ4v) is 2.90.